The summed E-state index contributed by atoms with van der Waals surface area (Å²) >= 11 is 0. The van der Waals surface area contributed by atoms with E-state index in [1.807, 2.05) is 0 Å². The summed E-state index contributed by atoms with van der Waals surface area (Å²) < 4.78 is 10.4. The molecule has 1 N–H and O–H groups in total. The smallest absolute Gasteiger partial charge is 0.251 e. The van der Waals surface area contributed by atoms with Crippen molar-refractivity contribution in [2.75, 3.05) is 14.2 Å². The van der Waals surface area contributed by atoms with Gasteiger partial charge in [-0.2, -0.15) is 0 Å². The Kier molecular flexibility index (Phi) is 5.86. The largest absolute Gasteiger partial charge is 0.493 e. The molecule has 20 heavy (non-hydrogen) atoms. The van der Waals surface area contributed by atoms with Gasteiger partial charge in [-0.05, 0) is 30.0 Å². The van der Waals surface area contributed by atoms with E-state index in [-0.39, 0.29) is 11.9 Å². The molecule has 0 heterocycles. The van der Waals surface area contributed by atoms with Crippen LogP contribution in [0.5, 0.6) is 11.5 Å². The van der Waals surface area contributed by atoms with Gasteiger partial charge in [-0.15, -0.1) is 0 Å². The van der Waals surface area contributed by atoms with Gasteiger partial charge in [-0.1, -0.05) is 27.7 Å². The highest BCUT2D eigenvalue weighted by atomic mass is 16.5. The Labute approximate surface area is 121 Å². The fourth-order valence-electron chi connectivity index (χ4n) is 2.32. The molecule has 0 spiro atoms. The van der Waals surface area contributed by atoms with Crippen LogP contribution in [0.2, 0.25) is 0 Å². The van der Waals surface area contributed by atoms with Crippen LogP contribution in [0, 0.1) is 11.8 Å². The van der Waals surface area contributed by atoms with E-state index in [9.17, 15) is 4.79 Å². The van der Waals surface area contributed by atoms with Gasteiger partial charge in [0.1, 0.15) is 0 Å². The molecule has 0 radical (unpaired) electrons. The molecule has 112 valence electrons. The second kappa shape index (κ2) is 7.17. The van der Waals surface area contributed by atoms with E-state index in [0.29, 0.717) is 28.9 Å². The number of hydrogen-bond acceptors (Lipinski definition) is 3. The van der Waals surface area contributed by atoms with Crippen LogP contribution in [0.25, 0.3) is 0 Å². The van der Waals surface area contributed by atoms with Crippen molar-refractivity contribution in [3.8, 4) is 11.5 Å². The predicted octanol–water partition coefficient (Wildman–Crippen LogP) is 3.11. The molecule has 0 aliphatic rings. The molecule has 1 rings (SSSR count). The highest BCUT2D eigenvalue weighted by Crippen LogP contribution is 2.27. The molecule has 0 atom stereocenters. The van der Waals surface area contributed by atoms with Crippen LogP contribution in [0.3, 0.4) is 0 Å². The number of rotatable bonds is 6. The standard InChI is InChI=1S/C16H25NO3/c1-10(2)15(11(3)4)17-16(18)12-7-8-13(19-5)14(9-12)20-6/h7-11,15H,1-6H3,(H,17,18). The molecular weight excluding hydrogens is 254 g/mol. The van der Waals surface area contributed by atoms with Crippen molar-refractivity contribution in [1.82, 2.24) is 5.32 Å². The average molecular weight is 279 g/mol. The number of carbonyl (C=O) groups is 1. The number of ether oxygens (including phenoxy) is 2. The summed E-state index contributed by atoms with van der Waals surface area (Å²) in [6.45, 7) is 8.44. The van der Waals surface area contributed by atoms with E-state index in [1.165, 1.54) is 0 Å². The number of amides is 1. The second-order valence-electron chi connectivity index (χ2n) is 5.56. The normalized spacial score (nSPS) is 11.1. The van der Waals surface area contributed by atoms with Crippen LogP contribution in [-0.4, -0.2) is 26.2 Å². The Morgan fingerprint density at radius 2 is 1.55 bits per heavy atom. The van der Waals surface area contributed by atoms with E-state index in [1.54, 1.807) is 32.4 Å². The molecule has 0 saturated carbocycles. The lowest BCUT2D eigenvalue weighted by atomic mass is 9.93. The van der Waals surface area contributed by atoms with Gasteiger partial charge >= 0.3 is 0 Å². The molecular formula is C16H25NO3. The molecule has 0 unspecified atom stereocenters. The highest BCUT2D eigenvalue weighted by molar-refractivity contribution is 5.95. The Morgan fingerprint density at radius 1 is 1.00 bits per heavy atom. The first kappa shape index (κ1) is 16.3. The average Bonchev–Trinajstić information content (AvgIpc) is 2.42. The van der Waals surface area contributed by atoms with Crippen LogP contribution < -0.4 is 14.8 Å². The van der Waals surface area contributed by atoms with Crippen molar-refractivity contribution in [3.63, 3.8) is 0 Å². The van der Waals surface area contributed by atoms with Gasteiger partial charge in [0, 0.05) is 11.6 Å². The third-order valence-electron chi connectivity index (χ3n) is 3.38. The monoisotopic (exact) mass is 279 g/mol. The summed E-state index contributed by atoms with van der Waals surface area (Å²) in [5, 5.41) is 3.09. The lowest BCUT2D eigenvalue weighted by Crippen LogP contribution is -2.42. The topological polar surface area (TPSA) is 47.6 Å². The molecule has 4 nitrogen and oxygen atoms in total. The van der Waals surface area contributed by atoms with Crippen molar-refractivity contribution >= 4 is 5.91 Å². The molecule has 1 aromatic carbocycles. The Morgan fingerprint density at radius 3 is 2.00 bits per heavy atom. The maximum Gasteiger partial charge on any atom is 0.251 e. The van der Waals surface area contributed by atoms with E-state index in [4.69, 9.17) is 9.47 Å². The van der Waals surface area contributed by atoms with Crippen molar-refractivity contribution in [1.29, 1.82) is 0 Å². The van der Waals surface area contributed by atoms with Crippen LogP contribution in [0.15, 0.2) is 18.2 Å². The summed E-state index contributed by atoms with van der Waals surface area (Å²) in [5.74, 6) is 1.87. The number of nitrogens with one attached hydrogen (secondary N) is 1. The molecule has 0 fully saturated rings. The zero-order valence-corrected chi connectivity index (χ0v) is 13.2. The summed E-state index contributed by atoms with van der Waals surface area (Å²) in [4.78, 5) is 12.3. The van der Waals surface area contributed by atoms with Crippen molar-refractivity contribution in [2.45, 2.75) is 33.7 Å². The Hall–Kier alpha value is -1.71. The lowest BCUT2D eigenvalue weighted by Gasteiger charge is -2.26. The molecule has 0 aliphatic carbocycles. The summed E-state index contributed by atoms with van der Waals surface area (Å²) in [7, 11) is 3.13. The lowest BCUT2D eigenvalue weighted by molar-refractivity contribution is 0.0910. The fraction of sp³-hybridized carbons (Fsp3) is 0.562. The van der Waals surface area contributed by atoms with Crippen LogP contribution in [-0.2, 0) is 0 Å². The van der Waals surface area contributed by atoms with Gasteiger partial charge in [-0.3, -0.25) is 4.79 Å². The highest BCUT2D eigenvalue weighted by Gasteiger charge is 2.21. The molecule has 0 aromatic heterocycles. The van der Waals surface area contributed by atoms with Gasteiger partial charge < -0.3 is 14.8 Å². The third-order valence-corrected chi connectivity index (χ3v) is 3.38. The van der Waals surface area contributed by atoms with Crippen LogP contribution in [0.4, 0.5) is 0 Å². The van der Waals surface area contributed by atoms with Crippen molar-refractivity contribution in [2.24, 2.45) is 11.8 Å². The molecule has 0 saturated heterocycles. The van der Waals surface area contributed by atoms with Crippen LogP contribution in [0.1, 0.15) is 38.1 Å². The first-order chi connectivity index (χ1) is 9.40. The fourth-order valence-corrected chi connectivity index (χ4v) is 2.32. The summed E-state index contributed by atoms with van der Waals surface area (Å²) in [5.41, 5.74) is 0.578. The van der Waals surface area contributed by atoms with Crippen LogP contribution >= 0.6 is 0 Å². The molecule has 0 aliphatic heterocycles. The number of hydrogen-bond donors (Lipinski definition) is 1. The van der Waals surface area contributed by atoms with Crippen molar-refractivity contribution < 1.29 is 14.3 Å². The van der Waals surface area contributed by atoms with E-state index in [0.717, 1.165) is 0 Å². The summed E-state index contributed by atoms with van der Waals surface area (Å²) in [6, 6.07) is 5.34. The van der Waals surface area contributed by atoms with E-state index >= 15 is 0 Å². The molecule has 4 heteroatoms. The maximum atomic E-state index is 12.3. The Balaban J connectivity index is 2.92. The second-order valence-corrected chi connectivity index (χ2v) is 5.56. The zero-order valence-electron chi connectivity index (χ0n) is 13.2. The summed E-state index contributed by atoms with van der Waals surface area (Å²) in [6.07, 6.45) is 0. The molecule has 1 aromatic rings. The first-order valence-electron chi connectivity index (χ1n) is 6.93. The minimum absolute atomic E-state index is 0.0849. The van der Waals surface area contributed by atoms with E-state index in [2.05, 4.69) is 33.0 Å². The SMILES string of the molecule is COc1ccc(C(=O)NC(C(C)C)C(C)C)cc1OC. The third kappa shape index (κ3) is 3.89. The van der Waals surface area contributed by atoms with Gasteiger partial charge in [0.15, 0.2) is 11.5 Å². The zero-order chi connectivity index (χ0) is 15.3. The predicted molar refractivity (Wildman–Crippen MR) is 80.5 cm³/mol. The molecule has 0 bridgehead atoms. The first-order valence-corrected chi connectivity index (χ1v) is 6.93. The number of carbonyl (C=O) groups excluding carboxylic acids is 1. The van der Waals surface area contributed by atoms with Gasteiger partial charge in [0.2, 0.25) is 0 Å². The Bertz CT molecular complexity index is 447. The molecule has 1 amide bonds. The van der Waals surface area contributed by atoms with Gasteiger partial charge in [0.05, 0.1) is 14.2 Å². The van der Waals surface area contributed by atoms with Gasteiger partial charge in [0.25, 0.3) is 5.91 Å². The number of benzene rings is 1. The number of methoxy groups -OCH3 is 2. The van der Waals surface area contributed by atoms with Crippen molar-refractivity contribution in [3.05, 3.63) is 23.8 Å². The minimum atomic E-state index is -0.0849. The maximum absolute atomic E-state index is 12.3. The van der Waals surface area contributed by atoms with E-state index < -0.39 is 0 Å². The quantitative estimate of drug-likeness (QED) is 0.870. The van der Waals surface area contributed by atoms with Gasteiger partial charge in [-0.25, -0.2) is 0 Å². The minimum Gasteiger partial charge on any atom is -0.493 e.